The fourth-order valence-electron chi connectivity index (χ4n) is 5.74. The molecule has 2 fully saturated rings. The van der Waals surface area contributed by atoms with Crippen LogP contribution in [-0.2, 0) is 17.6 Å². The number of thioether (sulfide) groups is 1. The SMILES string of the molecule is CC(Sc1nc2sc3c(c2c(=O)n1C1CCCC1)CCCC3)C(=O)NC1(C#N)CCCCC1. The first-order valence-corrected chi connectivity index (χ1v) is 14.2. The molecule has 0 bridgehead atoms. The highest BCUT2D eigenvalue weighted by atomic mass is 32.2. The summed E-state index contributed by atoms with van der Waals surface area (Å²) in [7, 11) is 0. The maximum atomic E-state index is 13.8. The number of hydrogen-bond donors (Lipinski definition) is 1. The first-order valence-electron chi connectivity index (χ1n) is 12.5. The van der Waals surface area contributed by atoms with Crippen molar-refractivity contribution in [2.75, 3.05) is 0 Å². The van der Waals surface area contributed by atoms with Crippen LogP contribution < -0.4 is 10.9 Å². The van der Waals surface area contributed by atoms with Crippen LogP contribution in [0.1, 0.15) is 94.0 Å². The predicted molar refractivity (Wildman–Crippen MR) is 133 cm³/mol. The summed E-state index contributed by atoms with van der Waals surface area (Å²) in [5, 5.41) is 13.9. The molecule has 5 rings (SSSR count). The third-order valence-electron chi connectivity index (χ3n) is 7.61. The van der Waals surface area contributed by atoms with Gasteiger partial charge in [-0.1, -0.05) is 43.9 Å². The average molecular weight is 485 g/mol. The Hall–Kier alpha value is -1.85. The normalized spacial score (nSPS) is 21.5. The maximum Gasteiger partial charge on any atom is 0.263 e. The summed E-state index contributed by atoms with van der Waals surface area (Å²) in [5.74, 6) is -0.138. The van der Waals surface area contributed by atoms with Crippen LogP contribution in [0.3, 0.4) is 0 Å². The Morgan fingerprint density at radius 2 is 1.91 bits per heavy atom. The summed E-state index contributed by atoms with van der Waals surface area (Å²) in [6, 6.07) is 2.54. The van der Waals surface area contributed by atoms with Crippen LogP contribution in [0.4, 0.5) is 0 Å². The first kappa shape index (κ1) is 22.9. The Morgan fingerprint density at radius 1 is 1.18 bits per heavy atom. The second kappa shape index (κ2) is 9.42. The molecule has 1 atom stereocenters. The first-order chi connectivity index (χ1) is 16.0. The summed E-state index contributed by atoms with van der Waals surface area (Å²) in [6.45, 7) is 1.86. The van der Waals surface area contributed by atoms with Gasteiger partial charge in [0, 0.05) is 10.9 Å². The Kier molecular flexibility index (Phi) is 6.54. The van der Waals surface area contributed by atoms with E-state index in [-0.39, 0.29) is 17.5 Å². The van der Waals surface area contributed by atoms with E-state index in [4.69, 9.17) is 4.98 Å². The van der Waals surface area contributed by atoms with Crippen LogP contribution in [0.5, 0.6) is 0 Å². The fraction of sp³-hybridized carbons (Fsp3) is 0.680. The van der Waals surface area contributed by atoms with Gasteiger partial charge in [-0.2, -0.15) is 5.26 Å². The number of amides is 1. The molecule has 8 heteroatoms. The van der Waals surface area contributed by atoms with Gasteiger partial charge in [0.1, 0.15) is 10.4 Å². The van der Waals surface area contributed by atoms with Gasteiger partial charge in [0.25, 0.3) is 5.56 Å². The van der Waals surface area contributed by atoms with Crippen molar-refractivity contribution in [3.05, 3.63) is 20.8 Å². The lowest BCUT2D eigenvalue weighted by atomic mass is 9.83. The molecule has 2 aromatic rings. The number of thiophene rings is 1. The van der Waals surface area contributed by atoms with E-state index in [1.807, 2.05) is 11.5 Å². The molecular weight excluding hydrogens is 452 g/mol. The maximum absolute atomic E-state index is 13.8. The summed E-state index contributed by atoms with van der Waals surface area (Å²) in [6.07, 6.45) is 13.0. The standard InChI is InChI=1S/C25H32N4O2S2/c1-16(21(30)28-25(15-26)13-7-2-8-14-25)32-24-27-22-20(18-11-5-6-12-19(18)33-22)23(31)29(24)17-9-3-4-10-17/h16-17H,2-14H2,1H3,(H,28,30). The van der Waals surface area contributed by atoms with Gasteiger partial charge in [-0.3, -0.25) is 14.2 Å². The molecule has 2 saturated carbocycles. The Balaban J connectivity index is 1.48. The summed E-state index contributed by atoms with van der Waals surface area (Å²) < 4.78 is 1.91. The average Bonchev–Trinajstić information content (AvgIpc) is 3.47. The summed E-state index contributed by atoms with van der Waals surface area (Å²) in [5.41, 5.74) is 0.558. The molecule has 0 saturated heterocycles. The van der Waals surface area contributed by atoms with Crippen molar-refractivity contribution in [1.29, 1.82) is 5.26 Å². The molecule has 2 heterocycles. The van der Waals surface area contributed by atoms with Crippen LogP contribution in [0.15, 0.2) is 9.95 Å². The molecule has 33 heavy (non-hydrogen) atoms. The largest absolute Gasteiger partial charge is 0.337 e. The van der Waals surface area contributed by atoms with E-state index in [9.17, 15) is 14.9 Å². The third kappa shape index (κ3) is 4.35. The minimum absolute atomic E-state index is 0.0854. The number of rotatable bonds is 5. The third-order valence-corrected chi connectivity index (χ3v) is 9.87. The molecule has 6 nitrogen and oxygen atoms in total. The molecule has 0 aliphatic heterocycles. The molecule has 1 unspecified atom stereocenters. The topological polar surface area (TPSA) is 87.8 Å². The van der Waals surface area contributed by atoms with Gasteiger partial charge in [-0.05, 0) is 63.9 Å². The van der Waals surface area contributed by atoms with E-state index < -0.39 is 10.8 Å². The lowest BCUT2D eigenvalue weighted by Gasteiger charge is -2.32. The Morgan fingerprint density at radius 3 is 2.64 bits per heavy atom. The monoisotopic (exact) mass is 484 g/mol. The highest BCUT2D eigenvalue weighted by molar-refractivity contribution is 8.00. The molecule has 0 aromatic carbocycles. The van der Waals surface area contributed by atoms with Crippen molar-refractivity contribution in [2.24, 2.45) is 0 Å². The van der Waals surface area contributed by atoms with Crippen LogP contribution in [0.25, 0.3) is 10.2 Å². The van der Waals surface area contributed by atoms with E-state index in [1.54, 1.807) is 11.3 Å². The smallest absolute Gasteiger partial charge is 0.263 e. The predicted octanol–water partition coefficient (Wildman–Crippen LogP) is 5.28. The molecule has 3 aliphatic rings. The van der Waals surface area contributed by atoms with Crippen LogP contribution >= 0.6 is 23.1 Å². The molecule has 1 amide bonds. The lowest BCUT2D eigenvalue weighted by Crippen LogP contribution is -2.51. The molecular formula is C25H32N4O2S2. The number of hydrogen-bond acceptors (Lipinski definition) is 6. The molecule has 3 aliphatic carbocycles. The number of fused-ring (bicyclic) bond motifs is 3. The summed E-state index contributed by atoms with van der Waals surface area (Å²) in [4.78, 5) is 34.1. The van der Waals surface area contributed by atoms with Gasteiger partial charge in [0.15, 0.2) is 5.16 Å². The zero-order chi connectivity index (χ0) is 23.0. The van der Waals surface area contributed by atoms with Crippen molar-refractivity contribution >= 4 is 39.2 Å². The number of nitrogens with zero attached hydrogens (tertiary/aromatic N) is 3. The Bertz CT molecular complexity index is 1150. The Labute approximate surface area is 203 Å². The van der Waals surface area contributed by atoms with Crippen LogP contribution in [0.2, 0.25) is 0 Å². The second-order valence-electron chi connectivity index (χ2n) is 9.90. The van der Waals surface area contributed by atoms with Crippen molar-refractivity contribution in [1.82, 2.24) is 14.9 Å². The van der Waals surface area contributed by atoms with Gasteiger partial charge in [-0.25, -0.2) is 4.98 Å². The van der Waals surface area contributed by atoms with Crippen LogP contribution in [-0.4, -0.2) is 26.2 Å². The van der Waals surface area contributed by atoms with Gasteiger partial charge in [0.05, 0.1) is 16.7 Å². The minimum Gasteiger partial charge on any atom is -0.337 e. The minimum atomic E-state index is -0.751. The van der Waals surface area contributed by atoms with Gasteiger partial charge >= 0.3 is 0 Å². The number of carbonyl (C=O) groups is 1. The van der Waals surface area contributed by atoms with Crippen molar-refractivity contribution in [2.45, 2.75) is 112 Å². The zero-order valence-corrected chi connectivity index (χ0v) is 21.0. The number of aryl methyl sites for hydroxylation is 2. The molecule has 0 radical (unpaired) electrons. The quantitative estimate of drug-likeness (QED) is 0.461. The van der Waals surface area contributed by atoms with E-state index in [0.717, 1.165) is 74.4 Å². The number of aromatic nitrogens is 2. The zero-order valence-electron chi connectivity index (χ0n) is 19.3. The second-order valence-corrected chi connectivity index (χ2v) is 12.3. The molecule has 2 aromatic heterocycles. The number of carbonyl (C=O) groups excluding carboxylic acids is 1. The van der Waals surface area contributed by atoms with Crippen molar-refractivity contribution in [3.63, 3.8) is 0 Å². The lowest BCUT2D eigenvalue weighted by molar-refractivity contribution is -0.121. The summed E-state index contributed by atoms with van der Waals surface area (Å²) >= 11 is 3.04. The highest BCUT2D eigenvalue weighted by Gasteiger charge is 2.35. The molecule has 176 valence electrons. The van der Waals surface area contributed by atoms with E-state index in [0.29, 0.717) is 18.0 Å². The molecule has 1 N–H and O–H groups in total. The van der Waals surface area contributed by atoms with Gasteiger partial charge < -0.3 is 5.32 Å². The van der Waals surface area contributed by atoms with E-state index in [1.165, 1.54) is 28.6 Å². The molecule has 0 spiro atoms. The van der Waals surface area contributed by atoms with Gasteiger partial charge in [0.2, 0.25) is 5.91 Å². The van der Waals surface area contributed by atoms with Crippen molar-refractivity contribution < 1.29 is 4.79 Å². The highest BCUT2D eigenvalue weighted by Crippen LogP contribution is 2.38. The van der Waals surface area contributed by atoms with E-state index in [2.05, 4.69) is 11.4 Å². The van der Waals surface area contributed by atoms with Crippen LogP contribution in [0, 0.1) is 11.3 Å². The van der Waals surface area contributed by atoms with Gasteiger partial charge in [-0.15, -0.1) is 11.3 Å². The van der Waals surface area contributed by atoms with E-state index >= 15 is 0 Å². The fourth-order valence-corrected chi connectivity index (χ4v) is 8.02. The van der Waals surface area contributed by atoms with Crippen molar-refractivity contribution in [3.8, 4) is 6.07 Å². The number of nitrogens with one attached hydrogen (secondary N) is 1. The number of nitriles is 1.